The zero-order valence-electron chi connectivity index (χ0n) is 17.4. The van der Waals surface area contributed by atoms with Gasteiger partial charge in [0.2, 0.25) is 11.8 Å². The predicted octanol–water partition coefficient (Wildman–Crippen LogP) is 2.86. The molecule has 2 aromatic carbocycles. The van der Waals surface area contributed by atoms with Crippen molar-refractivity contribution < 1.29 is 9.59 Å². The Labute approximate surface area is 173 Å². The zero-order valence-corrected chi connectivity index (χ0v) is 17.4. The van der Waals surface area contributed by atoms with Gasteiger partial charge in [-0.15, -0.1) is 0 Å². The molecule has 2 aromatic rings. The van der Waals surface area contributed by atoms with E-state index in [1.165, 1.54) is 5.56 Å². The number of nitrogens with zero attached hydrogens (tertiary/aromatic N) is 2. The second kappa shape index (κ2) is 10.2. The Morgan fingerprint density at radius 2 is 1.69 bits per heavy atom. The first kappa shape index (κ1) is 21.1. The first-order valence-electron chi connectivity index (χ1n) is 10.4. The molecule has 0 bridgehead atoms. The minimum Gasteiger partial charge on any atom is -0.353 e. The highest BCUT2D eigenvalue weighted by atomic mass is 16.2. The molecular formula is C24H31N3O2. The van der Waals surface area contributed by atoms with Crippen LogP contribution in [0.2, 0.25) is 0 Å². The molecule has 154 valence electrons. The molecule has 5 heteroatoms. The van der Waals surface area contributed by atoms with E-state index in [1.807, 2.05) is 53.4 Å². The Kier molecular flexibility index (Phi) is 7.42. The maximum atomic E-state index is 13.3. The van der Waals surface area contributed by atoms with Crippen LogP contribution >= 0.6 is 0 Å². The number of carbonyl (C=O) groups is 2. The molecule has 1 heterocycles. The Balaban J connectivity index is 1.72. The minimum atomic E-state index is -0.397. The Morgan fingerprint density at radius 1 is 1.07 bits per heavy atom. The molecule has 0 aromatic heterocycles. The number of carbonyl (C=O) groups excluding carboxylic acids is 2. The van der Waals surface area contributed by atoms with Crippen LogP contribution in [-0.4, -0.2) is 53.3 Å². The fraction of sp³-hybridized carbons (Fsp3) is 0.417. The van der Waals surface area contributed by atoms with Crippen LogP contribution in [0.4, 0.5) is 0 Å². The quantitative estimate of drug-likeness (QED) is 0.750. The van der Waals surface area contributed by atoms with Crippen molar-refractivity contribution in [3.8, 4) is 0 Å². The molecule has 5 nitrogen and oxygen atoms in total. The lowest BCUT2D eigenvalue weighted by atomic mass is 10.0. The smallest absolute Gasteiger partial charge is 0.237 e. The van der Waals surface area contributed by atoms with Gasteiger partial charge >= 0.3 is 0 Å². The van der Waals surface area contributed by atoms with E-state index in [2.05, 4.69) is 36.2 Å². The van der Waals surface area contributed by atoms with Crippen LogP contribution in [-0.2, 0) is 22.6 Å². The molecule has 29 heavy (non-hydrogen) atoms. The fourth-order valence-corrected chi connectivity index (χ4v) is 3.86. The summed E-state index contributed by atoms with van der Waals surface area (Å²) in [4.78, 5) is 29.8. The van der Waals surface area contributed by atoms with Gasteiger partial charge in [0, 0.05) is 32.2 Å². The average molecular weight is 394 g/mol. The van der Waals surface area contributed by atoms with Gasteiger partial charge in [0.15, 0.2) is 0 Å². The summed E-state index contributed by atoms with van der Waals surface area (Å²) in [6.07, 6.45) is 1.01. The third-order valence-corrected chi connectivity index (χ3v) is 5.49. The molecule has 1 atom stereocenters. The highest BCUT2D eigenvalue weighted by Gasteiger charge is 2.34. The van der Waals surface area contributed by atoms with E-state index in [0.717, 1.165) is 18.5 Å². The zero-order chi connectivity index (χ0) is 20.6. The van der Waals surface area contributed by atoms with Gasteiger partial charge in [-0.3, -0.25) is 14.5 Å². The summed E-state index contributed by atoms with van der Waals surface area (Å²) in [5.74, 6) is -0.0153. The van der Waals surface area contributed by atoms with Crippen LogP contribution in [0.25, 0.3) is 0 Å². The molecule has 0 aliphatic carbocycles. The average Bonchev–Trinajstić information content (AvgIpc) is 2.73. The van der Waals surface area contributed by atoms with Gasteiger partial charge in [0.05, 0.1) is 12.5 Å². The van der Waals surface area contributed by atoms with Gasteiger partial charge in [-0.1, -0.05) is 60.7 Å². The summed E-state index contributed by atoms with van der Waals surface area (Å²) < 4.78 is 0. The minimum absolute atomic E-state index is 0.0254. The monoisotopic (exact) mass is 393 g/mol. The van der Waals surface area contributed by atoms with Crippen molar-refractivity contribution in [2.75, 3.05) is 19.6 Å². The van der Waals surface area contributed by atoms with Crippen molar-refractivity contribution in [3.05, 3.63) is 71.8 Å². The summed E-state index contributed by atoms with van der Waals surface area (Å²) in [5.41, 5.74) is 2.31. The van der Waals surface area contributed by atoms with Crippen molar-refractivity contribution in [1.29, 1.82) is 0 Å². The maximum absolute atomic E-state index is 13.3. The Bertz CT molecular complexity index is 792. The number of hydrogen-bond donors (Lipinski definition) is 1. The lowest BCUT2D eigenvalue weighted by molar-refractivity contribution is -0.140. The van der Waals surface area contributed by atoms with E-state index in [4.69, 9.17) is 0 Å². The molecule has 1 N–H and O–H groups in total. The van der Waals surface area contributed by atoms with E-state index in [9.17, 15) is 9.59 Å². The van der Waals surface area contributed by atoms with E-state index in [-0.39, 0.29) is 24.3 Å². The van der Waals surface area contributed by atoms with Crippen LogP contribution < -0.4 is 5.32 Å². The van der Waals surface area contributed by atoms with Crippen LogP contribution in [0.5, 0.6) is 0 Å². The summed E-state index contributed by atoms with van der Waals surface area (Å²) in [5, 5.41) is 2.92. The Morgan fingerprint density at radius 3 is 2.31 bits per heavy atom. The molecule has 1 aliphatic heterocycles. The highest BCUT2D eigenvalue weighted by molar-refractivity contribution is 5.89. The number of amides is 2. The van der Waals surface area contributed by atoms with Crippen molar-refractivity contribution in [3.63, 3.8) is 0 Å². The molecule has 1 saturated heterocycles. The largest absolute Gasteiger partial charge is 0.353 e. The molecule has 0 unspecified atom stereocenters. The third-order valence-electron chi connectivity index (χ3n) is 5.49. The van der Waals surface area contributed by atoms with Gasteiger partial charge in [-0.25, -0.2) is 0 Å². The summed E-state index contributed by atoms with van der Waals surface area (Å²) in [6.45, 7) is 6.77. The van der Waals surface area contributed by atoms with Gasteiger partial charge < -0.3 is 10.2 Å². The van der Waals surface area contributed by atoms with Crippen LogP contribution in [0.3, 0.4) is 0 Å². The molecule has 3 rings (SSSR count). The number of piperazine rings is 1. The molecule has 0 radical (unpaired) electrons. The van der Waals surface area contributed by atoms with Crippen LogP contribution in [0.1, 0.15) is 31.4 Å². The van der Waals surface area contributed by atoms with E-state index in [1.54, 1.807) is 0 Å². The number of hydrogen-bond acceptors (Lipinski definition) is 3. The van der Waals surface area contributed by atoms with Crippen molar-refractivity contribution in [1.82, 2.24) is 15.1 Å². The lowest BCUT2D eigenvalue weighted by Crippen LogP contribution is -2.58. The van der Waals surface area contributed by atoms with E-state index < -0.39 is 6.04 Å². The molecule has 1 aliphatic rings. The Hall–Kier alpha value is -2.66. The standard InChI is InChI=1S/C24H31N3O2/c1-19(2)27-16-14-25-24(29)22(27)17-23(28)26(18-21-11-7-4-8-12-21)15-13-20-9-5-3-6-10-20/h3-12,19,22H,13-18H2,1-2H3,(H,25,29)/t22-/m0/s1. The van der Waals surface area contributed by atoms with Crippen molar-refractivity contribution in [2.45, 2.75) is 45.3 Å². The fourth-order valence-electron chi connectivity index (χ4n) is 3.86. The van der Waals surface area contributed by atoms with Crippen LogP contribution in [0.15, 0.2) is 60.7 Å². The first-order valence-corrected chi connectivity index (χ1v) is 10.4. The molecular weight excluding hydrogens is 362 g/mol. The van der Waals surface area contributed by atoms with E-state index in [0.29, 0.717) is 19.6 Å². The summed E-state index contributed by atoms with van der Waals surface area (Å²) in [6, 6.07) is 20.1. The maximum Gasteiger partial charge on any atom is 0.237 e. The van der Waals surface area contributed by atoms with E-state index >= 15 is 0 Å². The van der Waals surface area contributed by atoms with Crippen LogP contribution in [0, 0.1) is 0 Å². The number of nitrogens with one attached hydrogen (secondary N) is 1. The topological polar surface area (TPSA) is 52.7 Å². The normalized spacial score (nSPS) is 17.2. The SMILES string of the molecule is CC(C)N1CCNC(=O)[C@@H]1CC(=O)N(CCc1ccccc1)Cc1ccccc1. The number of benzene rings is 2. The third kappa shape index (κ3) is 5.91. The second-order valence-corrected chi connectivity index (χ2v) is 7.88. The van der Waals surface area contributed by atoms with Crippen molar-refractivity contribution >= 4 is 11.8 Å². The van der Waals surface area contributed by atoms with Gasteiger partial charge in [-0.2, -0.15) is 0 Å². The predicted molar refractivity (Wildman–Crippen MR) is 115 cm³/mol. The number of rotatable bonds is 8. The highest BCUT2D eigenvalue weighted by Crippen LogP contribution is 2.16. The lowest BCUT2D eigenvalue weighted by Gasteiger charge is -2.38. The molecule has 2 amide bonds. The summed E-state index contributed by atoms with van der Waals surface area (Å²) >= 11 is 0. The second-order valence-electron chi connectivity index (χ2n) is 7.88. The van der Waals surface area contributed by atoms with Crippen molar-refractivity contribution in [2.24, 2.45) is 0 Å². The van der Waals surface area contributed by atoms with Gasteiger partial charge in [0.25, 0.3) is 0 Å². The van der Waals surface area contributed by atoms with Gasteiger partial charge in [0.1, 0.15) is 0 Å². The molecule has 1 fully saturated rings. The van der Waals surface area contributed by atoms with Gasteiger partial charge in [-0.05, 0) is 31.4 Å². The molecule has 0 saturated carbocycles. The molecule has 0 spiro atoms. The summed E-state index contributed by atoms with van der Waals surface area (Å²) in [7, 11) is 0. The first-order chi connectivity index (χ1) is 14.0.